The van der Waals surface area contributed by atoms with Crippen LogP contribution in [0.25, 0.3) is 11.4 Å². The van der Waals surface area contributed by atoms with Gasteiger partial charge >= 0.3 is 0 Å². The van der Waals surface area contributed by atoms with Crippen molar-refractivity contribution >= 4 is 5.69 Å². The van der Waals surface area contributed by atoms with Gasteiger partial charge in [0.1, 0.15) is 5.82 Å². The summed E-state index contributed by atoms with van der Waals surface area (Å²) in [6, 6.07) is 5.20. The molecule has 0 bridgehead atoms. The summed E-state index contributed by atoms with van der Waals surface area (Å²) in [5.74, 6) is 1.49. The van der Waals surface area contributed by atoms with E-state index in [0.29, 0.717) is 35.2 Å². The smallest absolute Gasteiger partial charge is 0.283 e. The SMILES string of the molecule is Cc1cccc(-c2nnc(CN)n2CC(C)C)c1[N+](=O)[O-]. The molecule has 112 valence electrons. The highest BCUT2D eigenvalue weighted by Gasteiger charge is 2.23. The van der Waals surface area contributed by atoms with Crippen molar-refractivity contribution in [3.63, 3.8) is 0 Å². The largest absolute Gasteiger partial charge is 0.324 e. The molecule has 0 unspecified atom stereocenters. The lowest BCUT2D eigenvalue weighted by Crippen LogP contribution is -2.13. The summed E-state index contributed by atoms with van der Waals surface area (Å²) in [5, 5.41) is 19.5. The van der Waals surface area contributed by atoms with Crippen LogP contribution in [0.15, 0.2) is 18.2 Å². The molecular weight excluding hydrogens is 270 g/mol. The predicted octanol–water partition coefficient (Wildman–Crippen LogP) is 2.28. The predicted molar refractivity (Wildman–Crippen MR) is 79.6 cm³/mol. The molecule has 0 spiro atoms. The van der Waals surface area contributed by atoms with Gasteiger partial charge in [0.05, 0.1) is 17.0 Å². The lowest BCUT2D eigenvalue weighted by molar-refractivity contribution is -0.384. The Morgan fingerprint density at radius 2 is 2.10 bits per heavy atom. The van der Waals surface area contributed by atoms with E-state index in [2.05, 4.69) is 24.0 Å². The molecule has 7 nitrogen and oxygen atoms in total. The topological polar surface area (TPSA) is 99.9 Å². The Balaban J connectivity index is 2.65. The Bertz CT molecular complexity index is 663. The van der Waals surface area contributed by atoms with Crippen molar-refractivity contribution in [2.45, 2.75) is 33.9 Å². The van der Waals surface area contributed by atoms with Crippen LogP contribution in [0.3, 0.4) is 0 Å². The maximum absolute atomic E-state index is 11.3. The first-order valence-electron chi connectivity index (χ1n) is 6.82. The number of aromatic nitrogens is 3. The van der Waals surface area contributed by atoms with E-state index < -0.39 is 0 Å². The van der Waals surface area contributed by atoms with Gasteiger partial charge < -0.3 is 10.3 Å². The van der Waals surface area contributed by atoms with E-state index >= 15 is 0 Å². The minimum atomic E-state index is -0.374. The van der Waals surface area contributed by atoms with Crippen LogP contribution in [-0.2, 0) is 13.1 Å². The summed E-state index contributed by atoms with van der Waals surface area (Å²) < 4.78 is 1.87. The summed E-state index contributed by atoms with van der Waals surface area (Å²) >= 11 is 0. The fourth-order valence-corrected chi connectivity index (χ4v) is 2.32. The van der Waals surface area contributed by atoms with Crippen molar-refractivity contribution < 1.29 is 4.92 Å². The average molecular weight is 289 g/mol. The zero-order valence-corrected chi connectivity index (χ0v) is 12.4. The third-order valence-electron chi connectivity index (χ3n) is 3.22. The standard InChI is InChI=1S/C14H19N5O2/c1-9(2)8-18-12(7-15)16-17-14(18)11-6-4-5-10(3)13(11)19(20)21/h4-6,9H,7-8,15H2,1-3H3. The van der Waals surface area contributed by atoms with Gasteiger partial charge in [-0.3, -0.25) is 10.1 Å². The minimum Gasteiger partial charge on any atom is -0.324 e. The van der Waals surface area contributed by atoms with Crippen LogP contribution < -0.4 is 5.73 Å². The maximum atomic E-state index is 11.3. The molecule has 7 heteroatoms. The molecule has 2 rings (SSSR count). The van der Waals surface area contributed by atoms with Crippen LogP contribution >= 0.6 is 0 Å². The number of hydrogen-bond donors (Lipinski definition) is 1. The number of nitro groups is 1. The first-order valence-corrected chi connectivity index (χ1v) is 6.82. The molecule has 0 amide bonds. The third kappa shape index (κ3) is 2.92. The number of hydrogen-bond acceptors (Lipinski definition) is 5. The first kappa shape index (κ1) is 15.1. The molecular formula is C14H19N5O2. The first-order chi connectivity index (χ1) is 9.95. The summed E-state index contributed by atoms with van der Waals surface area (Å²) in [6.45, 7) is 6.76. The van der Waals surface area contributed by atoms with Crippen LogP contribution in [0.5, 0.6) is 0 Å². The molecule has 1 aromatic carbocycles. The van der Waals surface area contributed by atoms with E-state index in [9.17, 15) is 10.1 Å². The Kier molecular flexibility index (Phi) is 4.32. The molecule has 1 heterocycles. The normalized spacial score (nSPS) is 11.1. The van der Waals surface area contributed by atoms with Gasteiger partial charge in [0, 0.05) is 12.1 Å². The van der Waals surface area contributed by atoms with Crippen molar-refractivity contribution in [1.29, 1.82) is 0 Å². The van der Waals surface area contributed by atoms with E-state index in [0.717, 1.165) is 0 Å². The number of nitrogens with two attached hydrogens (primary N) is 1. The zero-order chi connectivity index (χ0) is 15.6. The monoisotopic (exact) mass is 289 g/mol. The summed E-state index contributed by atoms with van der Waals surface area (Å²) in [7, 11) is 0. The Hall–Kier alpha value is -2.28. The second-order valence-corrected chi connectivity index (χ2v) is 5.38. The fraction of sp³-hybridized carbons (Fsp3) is 0.429. The minimum absolute atomic E-state index is 0.0680. The van der Waals surface area contributed by atoms with Gasteiger partial charge in [-0.1, -0.05) is 26.0 Å². The average Bonchev–Trinajstić information content (AvgIpc) is 2.79. The second kappa shape index (κ2) is 6.01. The van der Waals surface area contributed by atoms with E-state index in [-0.39, 0.29) is 17.2 Å². The van der Waals surface area contributed by atoms with Crippen LogP contribution in [0.4, 0.5) is 5.69 Å². The molecule has 2 aromatic rings. The molecule has 0 aliphatic carbocycles. The third-order valence-corrected chi connectivity index (χ3v) is 3.22. The molecule has 0 aliphatic heterocycles. The number of benzene rings is 1. The van der Waals surface area contributed by atoms with Gasteiger partial charge in [0.25, 0.3) is 5.69 Å². The van der Waals surface area contributed by atoms with Crippen LogP contribution in [0, 0.1) is 23.0 Å². The molecule has 2 N–H and O–H groups in total. The summed E-state index contributed by atoms with van der Waals surface area (Å²) in [5.41, 5.74) is 6.84. The van der Waals surface area contributed by atoms with Gasteiger partial charge in [0.15, 0.2) is 5.82 Å². The highest BCUT2D eigenvalue weighted by Crippen LogP contribution is 2.32. The number of para-hydroxylation sites is 1. The second-order valence-electron chi connectivity index (χ2n) is 5.38. The number of nitro benzene ring substituents is 1. The number of rotatable bonds is 5. The van der Waals surface area contributed by atoms with Crippen molar-refractivity contribution in [1.82, 2.24) is 14.8 Å². The fourth-order valence-electron chi connectivity index (χ4n) is 2.32. The van der Waals surface area contributed by atoms with Gasteiger partial charge in [0.2, 0.25) is 0 Å². The highest BCUT2D eigenvalue weighted by molar-refractivity contribution is 5.70. The molecule has 1 aromatic heterocycles. The summed E-state index contributed by atoms with van der Waals surface area (Å²) in [4.78, 5) is 11.0. The Morgan fingerprint density at radius 1 is 1.38 bits per heavy atom. The molecule has 0 radical (unpaired) electrons. The van der Waals surface area contributed by atoms with Crippen molar-refractivity contribution in [3.8, 4) is 11.4 Å². The van der Waals surface area contributed by atoms with E-state index in [1.807, 2.05) is 4.57 Å². The quantitative estimate of drug-likeness (QED) is 0.672. The van der Waals surface area contributed by atoms with Crippen molar-refractivity contribution in [2.24, 2.45) is 11.7 Å². The lowest BCUT2D eigenvalue weighted by Gasteiger charge is -2.12. The van der Waals surface area contributed by atoms with Gasteiger partial charge in [-0.25, -0.2) is 0 Å². The van der Waals surface area contributed by atoms with Crippen molar-refractivity contribution in [3.05, 3.63) is 39.7 Å². The van der Waals surface area contributed by atoms with Crippen LogP contribution in [0.1, 0.15) is 25.2 Å². The summed E-state index contributed by atoms with van der Waals surface area (Å²) in [6.07, 6.45) is 0. The van der Waals surface area contributed by atoms with E-state index in [1.165, 1.54) is 0 Å². The van der Waals surface area contributed by atoms with Crippen molar-refractivity contribution in [2.75, 3.05) is 0 Å². The number of aryl methyl sites for hydroxylation is 1. The molecule has 21 heavy (non-hydrogen) atoms. The molecule has 0 aliphatic rings. The van der Waals surface area contributed by atoms with Crippen LogP contribution in [0.2, 0.25) is 0 Å². The Morgan fingerprint density at radius 3 is 2.67 bits per heavy atom. The number of nitrogens with zero attached hydrogens (tertiary/aromatic N) is 4. The van der Waals surface area contributed by atoms with Gasteiger partial charge in [-0.2, -0.15) is 0 Å². The molecule has 0 atom stereocenters. The Labute approximate surface area is 122 Å². The molecule has 0 saturated carbocycles. The molecule has 0 saturated heterocycles. The van der Waals surface area contributed by atoms with Crippen LogP contribution in [-0.4, -0.2) is 19.7 Å². The lowest BCUT2D eigenvalue weighted by atomic mass is 10.1. The zero-order valence-electron chi connectivity index (χ0n) is 12.4. The van der Waals surface area contributed by atoms with E-state index in [1.54, 1.807) is 25.1 Å². The van der Waals surface area contributed by atoms with Gasteiger partial charge in [-0.05, 0) is 18.9 Å². The molecule has 0 fully saturated rings. The van der Waals surface area contributed by atoms with E-state index in [4.69, 9.17) is 5.73 Å². The maximum Gasteiger partial charge on any atom is 0.283 e. The van der Waals surface area contributed by atoms with Gasteiger partial charge in [-0.15, -0.1) is 10.2 Å². The highest BCUT2D eigenvalue weighted by atomic mass is 16.6.